The molecular weight excluding hydrogens is 477 g/mol. The summed E-state index contributed by atoms with van der Waals surface area (Å²) < 4.78 is 36.2. The summed E-state index contributed by atoms with van der Waals surface area (Å²) in [6.07, 6.45) is 2.50. The Morgan fingerprint density at radius 2 is 1.83 bits per heavy atom. The van der Waals surface area contributed by atoms with Crippen LogP contribution in [0.2, 0.25) is 0 Å². The van der Waals surface area contributed by atoms with Crippen molar-refractivity contribution in [3.05, 3.63) is 48.4 Å². The number of aliphatic carboxylic acids is 2. The molecule has 190 valence electrons. The number of halogens is 3. The Kier molecular flexibility index (Phi) is 11.9. The van der Waals surface area contributed by atoms with Gasteiger partial charge >= 0.3 is 18.1 Å². The van der Waals surface area contributed by atoms with Crippen LogP contribution < -0.4 is 16.4 Å². The summed E-state index contributed by atoms with van der Waals surface area (Å²) in [6.45, 7) is -0.411. The standard InChI is InChI=1S/C15H19F3N8O.C4H4O4/c16-15(17,18)10-22-14(19)24-12-9-23-26(25-12)7-2-1-6-21-13(27)11-4-3-5-20-8-11;5-3(6)1-2-4(7)8/h3-5,8-9H,1-2,6-7,10H2,(H,21,27)(H3,19,22,24,25);1-2H,(H,5,6)(H,7,8)/b;2-1-. The molecule has 6 N–H and O–H groups in total. The third-order valence-electron chi connectivity index (χ3n) is 3.58. The molecule has 0 radical (unpaired) electrons. The maximum absolute atomic E-state index is 12.1. The van der Waals surface area contributed by atoms with Crippen molar-refractivity contribution in [3.63, 3.8) is 0 Å². The molecule has 0 bridgehead atoms. The van der Waals surface area contributed by atoms with Gasteiger partial charge in [0.2, 0.25) is 0 Å². The van der Waals surface area contributed by atoms with E-state index in [-0.39, 0.29) is 11.7 Å². The number of guanidine groups is 1. The molecular formula is C19H23F3N8O5. The number of aryl methyl sites for hydroxylation is 1. The Bertz CT molecular complexity index is 1010. The number of unbranched alkanes of at least 4 members (excludes halogenated alkanes) is 1. The van der Waals surface area contributed by atoms with E-state index in [1.165, 1.54) is 17.2 Å². The fourth-order valence-corrected chi connectivity index (χ4v) is 2.13. The number of rotatable bonds is 10. The van der Waals surface area contributed by atoms with Gasteiger partial charge in [0.05, 0.1) is 18.3 Å². The summed E-state index contributed by atoms with van der Waals surface area (Å²) in [6, 6.07) is 3.36. The lowest BCUT2D eigenvalue weighted by Crippen LogP contribution is -2.25. The minimum atomic E-state index is -4.42. The first kappa shape index (κ1) is 28.5. The minimum absolute atomic E-state index is 0.194. The molecule has 2 aromatic heterocycles. The van der Waals surface area contributed by atoms with E-state index in [2.05, 4.69) is 30.8 Å². The van der Waals surface area contributed by atoms with Crippen LogP contribution in [-0.2, 0) is 16.1 Å². The largest absolute Gasteiger partial charge is 0.478 e. The first-order valence-electron chi connectivity index (χ1n) is 9.82. The molecule has 0 saturated heterocycles. The molecule has 1 amide bonds. The lowest BCUT2D eigenvalue weighted by atomic mass is 10.2. The van der Waals surface area contributed by atoms with Gasteiger partial charge in [-0.25, -0.2) is 14.6 Å². The highest BCUT2D eigenvalue weighted by Gasteiger charge is 2.26. The molecule has 13 nitrogen and oxygen atoms in total. The van der Waals surface area contributed by atoms with Gasteiger partial charge in [-0.3, -0.25) is 9.78 Å². The van der Waals surface area contributed by atoms with E-state index in [0.29, 0.717) is 43.6 Å². The third-order valence-corrected chi connectivity index (χ3v) is 3.58. The van der Waals surface area contributed by atoms with Gasteiger partial charge in [-0.15, -0.1) is 5.10 Å². The lowest BCUT2D eigenvalue weighted by Gasteiger charge is -2.05. The Hall–Kier alpha value is -4.50. The average molecular weight is 500 g/mol. The van der Waals surface area contributed by atoms with Gasteiger partial charge in [-0.2, -0.15) is 23.1 Å². The average Bonchev–Trinajstić information content (AvgIpc) is 3.23. The number of aliphatic imine (C=N–C) groups is 1. The van der Waals surface area contributed by atoms with Crippen molar-refractivity contribution in [2.24, 2.45) is 10.7 Å². The number of carboxylic acid groups (broad SMARTS) is 2. The molecule has 35 heavy (non-hydrogen) atoms. The van der Waals surface area contributed by atoms with Crippen LogP contribution in [0.25, 0.3) is 0 Å². The number of nitrogens with zero attached hydrogens (tertiary/aromatic N) is 5. The number of nitrogens with one attached hydrogen (secondary N) is 2. The molecule has 0 fully saturated rings. The van der Waals surface area contributed by atoms with E-state index in [9.17, 15) is 27.6 Å². The summed E-state index contributed by atoms with van der Waals surface area (Å²) in [5.41, 5.74) is 5.85. The summed E-state index contributed by atoms with van der Waals surface area (Å²) in [5.74, 6) is -2.90. The third kappa shape index (κ3) is 14.3. The van der Waals surface area contributed by atoms with Gasteiger partial charge < -0.3 is 26.6 Å². The quantitative estimate of drug-likeness (QED) is 0.135. The number of nitrogens with two attached hydrogens (primary N) is 1. The number of carboxylic acids is 2. The summed E-state index contributed by atoms with van der Waals surface area (Å²) in [4.78, 5) is 39.3. The van der Waals surface area contributed by atoms with E-state index in [1.54, 1.807) is 18.3 Å². The highest BCUT2D eigenvalue weighted by Crippen LogP contribution is 2.14. The molecule has 0 atom stereocenters. The summed E-state index contributed by atoms with van der Waals surface area (Å²) in [7, 11) is 0. The van der Waals surface area contributed by atoms with Crippen molar-refractivity contribution in [2.45, 2.75) is 25.6 Å². The van der Waals surface area contributed by atoms with E-state index < -0.39 is 30.6 Å². The highest BCUT2D eigenvalue weighted by molar-refractivity contribution is 5.93. The van der Waals surface area contributed by atoms with Crippen molar-refractivity contribution in [1.82, 2.24) is 25.3 Å². The van der Waals surface area contributed by atoms with Crippen LogP contribution in [0.4, 0.5) is 19.0 Å². The fraction of sp³-hybridized carbons (Fsp3) is 0.316. The molecule has 0 spiro atoms. The number of amides is 1. The Morgan fingerprint density at radius 3 is 2.40 bits per heavy atom. The van der Waals surface area contributed by atoms with Gasteiger partial charge in [0.1, 0.15) is 6.54 Å². The first-order valence-corrected chi connectivity index (χ1v) is 9.82. The number of hydrogen-bond acceptors (Lipinski definition) is 7. The number of pyridine rings is 1. The van der Waals surface area contributed by atoms with Crippen molar-refractivity contribution in [3.8, 4) is 0 Å². The molecule has 0 aliphatic heterocycles. The van der Waals surface area contributed by atoms with Gasteiger partial charge in [0.15, 0.2) is 11.8 Å². The second-order valence-electron chi connectivity index (χ2n) is 6.48. The number of carbonyl (C=O) groups excluding carboxylic acids is 1. The fourth-order valence-electron chi connectivity index (χ4n) is 2.13. The number of aromatic nitrogens is 4. The Labute approximate surface area is 196 Å². The van der Waals surface area contributed by atoms with E-state index in [1.807, 2.05) is 0 Å². The van der Waals surface area contributed by atoms with Crippen LogP contribution in [0.15, 0.2) is 47.9 Å². The molecule has 0 aromatic carbocycles. The van der Waals surface area contributed by atoms with Gasteiger partial charge in [-0.05, 0) is 25.0 Å². The zero-order valence-corrected chi connectivity index (χ0v) is 18.1. The molecule has 2 heterocycles. The zero-order valence-electron chi connectivity index (χ0n) is 18.1. The van der Waals surface area contributed by atoms with E-state index in [0.717, 1.165) is 0 Å². The smallest absolute Gasteiger partial charge is 0.408 e. The van der Waals surface area contributed by atoms with Crippen LogP contribution in [0.5, 0.6) is 0 Å². The Morgan fingerprint density at radius 1 is 1.14 bits per heavy atom. The van der Waals surface area contributed by atoms with Crippen LogP contribution >= 0.6 is 0 Å². The van der Waals surface area contributed by atoms with E-state index >= 15 is 0 Å². The van der Waals surface area contributed by atoms with Crippen LogP contribution in [0.3, 0.4) is 0 Å². The predicted octanol–water partition coefficient (Wildman–Crippen LogP) is 0.884. The normalized spacial score (nSPS) is 11.5. The first-order chi connectivity index (χ1) is 16.5. The Balaban J connectivity index is 0.000000658. The van der Waals surface area contributed by atoms with Crippen molar-refractivity contribution < 1.29 is 37.8 Å². The van der Waals surface area contributed by atoms with Crippen LogP contribution in [0.1, 0.15) is 23.2 Å². The topological polar surface area (TPSA) is 198 Å². The van der Waals surface area contributed by atoms with Crippen LogP contribution in [-0.4, -0.2) is 73.3 Å². The van der Waals surface area contributed by atoms with Gasteiger partial charge in [0.25, 0.3) is 5.91 Å². The summed E-state index contributed by atoms with van der Waals surface area (Å²) in [5, 5.41) is 28.8. The molecule has 2 rings (SSSR count). The second-order valence-corrected chi connectivity index (χ2v) is 6.48. The van der Waals surface area contributed by atoms with Crippen molar-refractivity contribution in [1.29, 1.82) is 0 Å². The maximum Gasteiger partial charge on any atom is 0.408 e. The van der Waals surface area contributed by atoms with Crippen molar-refractivity contribution >= 4 is 29.6 Å². The highest BCUT2D eigenvalue weighted by atomic mass is 19.4. The molecule has 0 unspecified atom stereocenters. The van der Waals surface area contributed by atoms with Crippen molar-refractivity contribution in [2.75, 3.05) is 18.4 Å². The second kappa shape index (κ2) is 14.6. The number of carbonyl (C=O) groups is 3. The predicted molar refractivity (Wildman–Crippen MR) is 116 cm³/mol. The molecule has 2 aromatic rings. The molecule has 0 saturated carbocycles. The SMILES string of the molecule is N/C(=N/CC(F)(F)F)Nc1cnn(CCCCNC(=O)c2cccnc2)n1.O=C(O)/C=C\C(=O)O. The monoisotopic (exact) mass is 500 g/mol. The van der Waals surface area contributed by atoms with Gasteiger partial charge in [0, 0.05) is 31.1 Å². The van der Waals surface area contributed by atoms with Gasteiger partial charge in [-0.1, -0.05) is 0 Å². The van der Waals surface area contributed by atoms with Crippen LogP contribution in [0, 0.1) is 0 Å². The number of alkyl halides is 3. The molecule has 16 heteroatoms. The number of hydrogen-bond donors (Lipinski definition) is 5. The zero-order chi connectivity index (χ0) is 26.3. The maximum atomic E-state index is 12.1. The molecule has 0 aliphatic carbocycles. The number of anilines is 1. The molecule has 0 aliphatic rings. The minimum Gasteiger partial charge on any atom is -0.478 e. The lowest BCUT2D eigenvalue weighted by molar-refractivity contribution is -0.134. The summed E-state index contributed by atoms with van der Waals surface area (Å²) >= 11 is 0. The van der Waals surface area contributed by atoms with E-state index in [4.69, 9.17) is 15.9 Å².